The number of para-hydroxylation sites is 2. The van der Waals surface area contributed by atoms with E-state index in [0.29, 0.717) is 11.3 Å². The van der Waals surface area contributed by atoms with Crippen molar-refractivity contribution < 1.29 is 0 Å². The van der Waals surface area contributed by atoms with Crippen LogP contribution in [0.5, 0.6) is 0 Å². The summed E-state index contributed by atoms with van der Waals surface area (Å²) >= 11 is 0. The molecule has 2 N–H and O–H groups in total. The summed E-state index contributed by atoms with van der Waals surface area (Å²) in [5, 5.41) is 26.9. The summed E-state index contributed by atoms with van der Waals surface area (Å²) in [7, 11) is 2.00. The third kappa shape index (κ3) is 2.97. The van der Waals surface area contributed by atoms with Crippen LogP contribution in [0.4, 0.5) is 5.69 Å². The minimum Gasteiger partial charge on any atom is -0.347 e. The lowest BCUT2D eigenvalue weighted by molar-refractivity contribution is 0.624. The molecule has 0 radical (unpaired) electrons. The highest BCUT2D eigenvalue weighted by molar-refractivity contribution is 6.12. The maximum atomic E-state index is 9.90. The average Bonchev–Trinajstić information content (AvgIpc) is 3.21. The van der Waals surface area contributed by atoms with Crippen molar-refractivity contribution in [1.29, 1.82) is 10.5 Å². The van der Waals surface area contributed by atoms with Crippen molar-refractivity contribution in [1.82, 2.24) is 4.57 Å². The van der Waals surface area contributed by atoms with E-state index in [2.05, 4.69) is 21.8 Å². The van der Waals surface area contributed by atoms with Crippen LogP contribution in [0.3, 0.4) is 0 Å². The monoisotopic (exact) mass is 380 g/mol. The van der Waals surface area contributed by atoms with E-state index in [4.69, 9.17) is 5.73 Å². The van der Waals surface area contributed by atoms with Crippen molar-refractivity contribution in [3.63, 3.8) is 0 Å². The maximum absolute atomic E-state index is 9.90. The molecule has 1 aliphatic heterocycles. The van der Waals surface area contributed by atoms with Crippen LogP contribution in [0.25, 0.3) is 17.0 Å². The van der Waals surface area contributed by atoms with E-state index in [1.165, 1.54) is 0 Å². The number of benzene rings is 2. The highest BCUT2D eigenvalue weighted by Crippen LogP contribution is 2.31. The molecule has 2 aromatic carbocycles. The number of allylic oxidation sites excluding steroid dienone is 1. The largest absolute Gasteiger partial charge is 0.347 e. The van der Waals surface area contributed by atoms with Gasteiger partial charge < -0.3 is 10.3 Å². The second-order valence-electron chi connectivity index (χ2n) is 7.01. The number of aryl methyl sites for hydroxylation is 1. The lowest BCUT2D eigenvalue weighted by Crippen LogP contribution is -2.40. The molecule has 2 atom stereocenters. The van der Waals surface area contributed by atoms with Gasteiger partial charge in [0.15, 0.2) is 0 Å². The van der Waals surface area contributed by atoms with Crippen LogP contribution >= 0.6 is 0 Å². The molecule has 0 fully saturated rings. The van der Waals surface area contributed by atoms with Crippen LogP contribution in [-0.2, 0) is 7.05 Å². The first kappa shape index (κ1) is 18.5. The Hall–Kier alpha value is -3.87. The van der Waals surface area contributed by atoms with E-state index in [-0.39, 0.29) is 0 Å². The normalized spacial score (nSPS) is 19.1. The third-order valence-corrected chi connectivity index (χ3v) is 5.43. The van der Waals surface area contributed by atoms with Gasteiger partial charge in [-0.25, -0.2) is 5.01 Å². The molecule has 0 saturated heterocycles. The van der Waals surface area contributed by atoms with Crippen LogP contribution in [0.15, 0.2) is 65.3 Å². The Kier molecular flexibility index (Phi) is 4.64. The number of hydrogen-bond acceptors (Lipinski definition) is 5. The van der Waals surface area contributed by atoms with E-state index in [1.807, 2.05) is 74.6 Å². The van der Waals surface area contributed by atoms with Gasteiger partial charge >= 0.3 is 0 Å². The van der Waals surface area contributed by atoms with Gasteiger partial charge in [-0.15, -0.1) is 0 Å². The van der Waals surface area contributed by atoms with Crippen molar-refractivity contribution in [3.8, 4) is 12.1 Å². The molecule has 0 bridgehead atoms. The molecule has 0 unspecified atom stereocenters. The van der Waals surface area contributed by atoms with Gasteiger partial charge in [-0.05, 0) is 31.2 Å². The summed E-state index contributed by atoms with van der Waals surface area (Å²) in [6.45, 7) is 2.01. The molecular formula is C23H20N6. The van der Waals surface area contributed by atoms with E-state index >= 15 is 0 Å². The molecule has 4 rings (SSSR count). The van der Waals surface area contributed by atoms with Gasteiger partial charge in [-0.2, -0.15) is 15.6 Å². The highest BCUT2D eigenvalue weighted by atomic mass is 15.5. The number of nitrogens with zero attached hydrogens (tertiary/aromatic N) is 5. The molecule has 0 amide bonds. The maximum Gasteiger partial charge on any atom is 0.127 e. The van der Waals surface area contributed by atoms with Gasteiger partial charge in [0.05, 0.1) is 23.0 Å². The fourth-order valence-electron chi connectivity index (χ4n) is 3.76. The second kappa shape index (κ2) is 7.27. The Balaban J connectivity index is 1.85. The number of rotatable bonds is 3. The van der Waals surface area contributed by atoms with Crippen molar-refractivity contribution in [3.05, 3.63) is 71.4 Å². The zero-order valence-corrected chi connectivity index (χ0v) is 16.2. The van der Waals surface area contributed by atoms with Crippen LogP contribution in [0.1, 0.15) is 11.3 Å². The van der Waals surface area contributed by atoms with Gasteiger partial charge in [0.25, 0.3) is 0 Å². The summed E-state index contributed by atoms with van der Waals surface area (Å²) in [6.07, 6.45) is 1.17. The molecule has 0 aliphatic carbocycles. The van der Waals surface area contributed by atoms with E-state index in [0.717, 1.165) is 27.8 Å². The SMILES string of the molecule is Cc1c(/C=C(\C#N)C2=NN(c3ccccc3)[C@H](N)[C@H]2C#N)c2ccccc2n1C. The van der Waals surface area contributed by atoms with E-state index in [9.17, 15) is 10.5 Å². The molecule has 0 saturated carbocycles. The van der Waals surface area contributed by atoms with Crippen LogP contribution in [-0.4, -0.2) is 16.4 Å². The predicted molar refractivity (Wildman–Crippen MR) is 115 cm³/mol. The fourth-order valence-corrected chi connectivity index (χ4v) is 3.76. The first-order valence-electron chi connectivity index (χ1n) is 9.31. The Morgan fingerprint density at radius 1 is 1.10 bits per heavy atom. The Morgan fingerprint density at radius 2 is 1.79 bits per heavy atom. The van der Waals surface area contributed by atoms with Crippen molar-refractivity contribution in [2.45, 2.75) is 13.1 Å². The first-order chi connectivity index (χ1) is 14.1. The van der Waals surface area contributed by atoms with Crippen molar-refractivity contribution >= 4 is 28.4 Å². The van der Waals surface area contributed by atoms with Crippen molar-refractivity contribution in [2.24, 2.45) is 23.8 Å². The molecular weight excluding hydrogens is 360 g/mol. The summed E-state index contributed by atoms with van der Waals surface area (Å²) < 4.78 is 2.09. The number of anilines is 1. The topological polar surface area (TPSA) is 94.1 Å². The lowest BCUT2D eigenvalue weighted by atomic mass is 9.95. The highest BCUT2D eigenvalue weighted by Gasteiger charge is 2.37. The zero-order valence-electron chi connectivity index (χ0n) is 16.2. The zero-order chi connectivity index (χ0) is 20.5. The molecule has 29 heavy (non-hydrogen) atoms. The minimum atomic E-state index is -0.698. The van der Waals surface area contributed by atoms with Crippen LogP contribution in [0.2, 0.25) is 0 Å². The number of hydrazone groups is 1. The number of hydrogen-bond donors (Lipinski definition) is 1. The average molecular weight is 380 g/mol. The fraction of sp³-hybridized carbons (Fsp3) is 0.174. The van der Waals surface area contributed by atoms with Gasteiger partial charge in [0.2, 0.25) is 0 Å². The van der Waals surface area contributed by atoms with Crippen LogP contribution in [0, 0.1) is 35.5 Å². The smallest absolute Gasteiger partial charge is 0.127 e. The quantitative estimate of drug-likeness (QED) is 0.701. The summed E-state index contributed by atoms with van der Waals surface area (Å²) in [5.74, 6) is -0.698. The summed E-state index contributed by atoms with van der Waals surface area (Å²) in [4.78, 5) is 0. The second-order valence-corrected chi connectivity index (χ2v) is 7.01. The summed E-state index contributed by atoms with van der Waals surface area (Å²) in [5.41, 5.74) is 10.9. The predicted octanol–water partition coefficient (Wildman–Crippen LogP) is 3.69. The molecule has 142 valence electrons. The van der Waals surface area contributed by atoms with Gasteiger partial charge in [0, 0.05) is 29.2 Å². The van der Waals surface area contributed by atoms with Gasteiger partial charge in [0.1, 0.15) is 18.2 Å². The molecule has 3 aromatic rings. The molecule has 1 aromatic heterocycles. The standard InChI is InChI=1S/C23H20N6/c1-15-19(18-10-6-7-11-21(18)28(15)2)12-16(13-24)22-20(14-25)23(26)29(27-22)17-8-4-3-5-9-17/h3-12,20,23H,26H2,1-2H3/b16-12+/t20-,23-/m0/s1. The number of nitriles is 2. The van der Waals surface area contributed by atoms with Gasteiger partial charge in [-0.3, -0.25) is 0 Å². The van der Waals surface area contributed by atoms with Crippen molar-refractivity contribution in [2.75, 3.05) is 5.01 Å². The molecule has 0 spiro atoms. The molecule has 1 aliphatic rings. The van der Waals surface area contributed by atoms with E-state index in [1.54, 1.807) is 5.01 Å². The Bertz CT molecular complexity index is 1220. The first-order valence-corrected chi connectivity index (χ1v) is 9.31. The number of nitrogens with two attached hydrogens (primary N) is 1. The van der Waals surface area contributed by atoms with Gasteiger partial charge in [-0.1, -0.05) is 36.4 Å². The number of aromatic nitrogens is 1. The Morgan fingerprint density at radius 3 is 2.48 bits per heavy atom. The number of fused-ring (bicyclic) bond motifs is 1. The Labute approximate surface area is 169 Å². The van der Waals surface area contributed by atoms with E-state index < -0.39 is 12.1 Å². The van der Waals surface area contributed by atoms with Crippen LogP contribution < -0.4 is 10.7 Å². The summed E-state index contributed by atoms with van der Waals surface area (Å²) in [6, 6.07) is 21.9. The molecule has 6 heteroatoms. The third-order valence-electron chi connectivity index (χ3n) is 5.43. The minimum absolute atomic E-state index is 0.352. The molecule has 2 heterocycles. The lowest BCUT2D eigenvalue weighted by Gasteiger charge is -2.21. The molecule has 6 nitrogen and oxygen atoms in total.